The molecule has 0 amide bonds. The predicted molar refractivity (Wildman–Crippen MR) is 201 cm³/mol. The molecule has 234 valence electrons. The van der Waals surface area contributed by atoms with Crippen molar-refractivity contribution in [2.75, 3.05) is 0 Å². The first-order chi connectivity index (χ1) is 24.0. The molecule has 4 aromatic heterocycles. The van der Waals surface area contributed by atoms with E-state index < -0.39 is 5.60 Å². The number of rotatable bonds is 2. The van der Waals surface area contributed by atoms with Gasteiger partial charge in [-0.25, -0.2) is 0 Å². The summed E-state index contributed by atoms with van der Waals surface area (Å²) in [6.45, 7) is 2.19. The van der Waals surface area contributed by atoms with Gasteiger partial charge >= 0.3 is 0 Å². The lowest BCUT2D eigenvalue weighted by atomic mass is 9.84. The summed E-state index contributed by atoms with van der Waals surface area (Å²) in [6.07, 6.45) is 11.3. The fourth-order valence-corrected chi connectivity index (χ4v) is 10.8. The van der Waals surface area contributed by atoms with Crippen molar-refractivity contribution in [1.82, 2.24) is 0 Å². The maximum absolute atomic E-state index is 6.76. The number of benzene rings is 5. The first-order valence-corrected chi connectivity index (χ1v) is 18.3. The van der Waals surface area contributed by atoms with Crippen LogP contribution in [0.2, 0.25) is 0 Å². The zero-order valence-corrected chi connectivity index (χ0v) is 27.9. The molecule has 3 unspecified atom stereocenters. The first kappa shape index (κ1) is 26.6. The van der Waals surface area contributed by atoms with E-state index in [-0.39, 0.29) is 12.0 Å². The van der Waals surface area contributed by atoms with E-state index in [1.165, 1.54) is 51.3 Å². The molecular formula is C43H26O4S2. The Morgan fingerprint density at radius 1 is 0.673 bits per heavy atom. The zero-order chi connectivity index (χ0) is 32.0. The molecule has 3 aliphatic rings. The van der Waals surface area contributed by atoms with E-state index in [9.17, 15) is 0 Å². The van der Waals surface area contributed by atoms with Crippen molar-refractivity contribution in [2.24, 2.45) is 5.92 Å². The quantitative estimate of drug-likeness (QED) is 0.184. The Morgan fingerprint density at radius 2 is 1.43 bits per heavy atom. The highest BCUT2D eigenvalue weighted by molar-refractivity contribution is 7.36. The molecule has 0 N–H and O–H groups in total. The topological polar surface area (TPSA) is 44.7 Å². The van der Waals surface area contributed by atoms with Gasteiger partial charge in [0.25, 0.3) is 0 Å². The largest absolute Gasteiger partial charge is 0.485 e. The number of fused-ring (bicyclic) bond motifs is 11. The first-order valence-electron chi connectivity index (χ1n) is 16.6. The van der Waals surface area contributed by atoms with Gasteiger partial charge in [-0.15, -0.1) is 22.7 Å². The van der Waals surface area contributed by atoms with Gasteiger partial charge in [0.15, 0.2) is 0 Å². The second-order valence-electron chi connectivity index (χ2n) is 13.9. The summed E-state index contributed by atoms with van der Waals surface area (Å²) in [4.78, 5) is 0. The molecule has 0 saturated heterocycles. The Kier molecular flexibility index (Phi) is 5.02. The number of hydrogen-bond donors (Lipinski definition) is 0. The molecule has 3 atom stereocenters. The predicted octanol–water partition coefficient (Wildman–Crippen LogP) is 10.6. The molecule has 0 fully saturated rings. The molecule has 5 aromatic carbocycles. The van der Waals surface area contributed by atoms with E-state index in [0.29, 0.717) is 0 Å². The highest BCUT2D eigenvalue weighted by Crippen LogP contribution is 2.48. The SMILES string of the molecule is CC12C=c3cc4occc4cc3=CC1C=C(c1ccc3sc4c5cc(C6Cc7cc8cc9ccoc9cc8cc7O6)ccc5sc4c3c1)O2. The van der Waals surface area contributed by atoms with E-state index in [1.54, 1.807) is 12.5 Å². The summed E-state index contributed by atoms with van der Waals surface area (Å²) in [5.41, 5.74) is 4.99. The average Bonchev–Trinajstić information content (AvgIpc) is 3.95. The smallest absolute Gasteiger partial charge is 0.135 e. The van der Waals surface area contributed by atoms with Crippen molar-refractivity contribution >= 4 is 103 Å². The fourth-order valence-electron chi connectivity index (χ4n) is 8.24. The van der Waals surface area contributed by atoms with E-state index in [0.717, 1.165) is 56.0 Å². The van der Waals surface area contributed by atoms with E-state index in [4.69, 9.17) is 18.3 Å². The molecule has 4 nitrogen and oxygen atoms in total. The lowest BCUT2D eigenvalue weighted by molar-refractivity contribution is 0.125. The van der Waals surface area contributed by atoms with Crippen LogP contribution in [-0.4, -0.2) is 5.60 Å². The van der Waals surface area contributed by atoms with Gasteiger partial charge in [0.1, 0.15) is 34.4 Å². The van der Waals surface area contributed by atoms with Crippen molar-refractivity contribution < 1.29 is 18.3 Å². The van der Waals surface area contributed by atoms with Gasteiger partial charge < -0.3 is 18.3 Å². The van der Waals surface area contributed by atoms with Gasteiger partial charge in [0, 0.05) is 48.8 Å². The molecule has 49 heavy (non-hydrogen) atoms. The minimum Gasteiger partial charge on any atom is -0.485 e. The highest BCUT2D eigenvalue weighted by atomic mass is 32.1. The van der Waals surface area contributed by atoms with Gasteiger partial charge in [-0.1, -0.05) is 12.1 Å². The third-order valence-corrected chi connectivity index (χ3v) is 13.3. The highest BCUT2D eigenvalue weighted by Gasteiger charge is 2.40. The van der Waals surface area contributed by atoms with Crippen LogP contribution in [0.25, 0.3) is 80.2 Å². The van der Waals surface area contributed by atoms with Crippen LogP contribution in [0.3, 0.4) is 0 Å². The lowest BCUT2D eigenvalue weighted by Crippen LogP contribution is -2.40. The van der Waals surface area contributed by atoms with Crippen LogP contribution >= 0.6 is 22.7 Å². The second kappa shape index (κ2) is 9.23. The molecule has 6 heterocycles. The summed E-state index contributed by atoms with van der Waals surface area (Å²) in [5.74, 6) is 2.08. The molecule has 0 spiro atoms. The Morgan fingerprint density at radius 3 is 2.29 bits per heavy atom. The van der Waals surface area contributed by atoms with Crippen LogP contribution in [0.15, 0.2) is 112 Å². The monoisotopic (exact) mass is 670 g/mol. The molecule has 0 saturated carbocycles. The Labute approximate surface area is 287 Å². The van der Waals surface area contributed by atoms with Crippen molar-refractivity contribution in [3.63, 3.8) is 0 Å². The molecule has 6 heteroatoms. The third-order valence-electron chi connectivity index (χ3n) is 10.8. The molecule has 12 rings (SSSR count). The molecule has 0 bridgehead atoms. The van der Waals surface area contributed by atoms with Crippen molar-refractivity contribution in [3.05, 3.63) is 131 Å². The van der Waals surface area contributed by atoms with Gasteiger partial charge in [0.05, 0.1) is 21.9 Å². The average molecular weight is 671 g/mol. The van der Waals surface area contributed by atoms with Crippen LogP contribution in [0.4, 0.5) is 0 Å². The van der Waals surface area contributed by atoms with Crippen LogP contribution in [-0.2, 0) is 11.2 Å². The minimum atomic E-state index is -0.434. The van der Waals surface area contributed by atoms with Crippen LogP contribution in [0.5, 0.6) is 5.75 Å². The molecule has 9 aromatic rings. The summed E-state index contributed by atoms with van der Waals surface area (Å²) < 4.78 is 30.0. The van der Waals surface area contributed by atoms with Crippen LogP contribution < -0.4 is 15.2 Å². The Bertz CT molecular complexity index is 3020. The summed E-state index contributed by atoms with van der Waals surface area (Å²) in [7, 11) is 0. The molecule has 0 radical (unpaired) electrons. The maximum atomic E-state index is 6.76. The van der Waals surface area contributed by atoms with Crippen LogP contribution in [0.1, 0.15) is 29.7 Å². The Balaban J connectivity index is 0.895. The lowest BCUT2D eigenvalue weighted by Gasteiger charge is -2.29. The zero-order valence-electron chi connectivity index (χ0n) is 26.3. The van der Waals surface area contributed by atoms with Gasteiger partial charge in [-0.2, -0.15) is 0 Å². The molecule has 2 aliphatic heterocycles. The fraction of sp³-hybridized carbons (Fsp3) is 0.116. The number of hydrogen-bond acceptors (Lipinski definition) is 6. The van der Waals surface area contributed by atoms with Crippen molar-refractivity contribution in [2.45, 2.75) is 25.0 Å². The van der Waals surface area contributed by atoms with E-state index in [1.807, 2.05) is 34.8 Å². The normalized spacial score (nSPS) is 21.1. The van der Waals surface area contributed by atoms with Gasteiger partial charge in [-0.3, -0.25) is 0 Å². The molecular weight excluding hydrogens is 645 g/mol. The van der Waals surface area contributed by atoms with E-state index >= 15 is 0 Å². The second-order valence-corrected chi connectivity index (χ2v) is 16.0. The minimum absolute atomic E-state index is 0.00349. The van der Waals surface area contributed by atoms with Crippen LogP contribution in [0, 0.1) is 5.92 Å². The summed E-state index contributed by atoms with van der Waals surface area (Å²) in [6, 6.07) is 30.9. The van der Waals surface area contributed by atoms with Gasteiger partial charge in [-0.05, 0) is 130 Å². The summed E-state index contributed by atoms with van der Waals surface area (Å²) >= 11 is 3.77. The Hall–Kier alpha value is -5.30. The standard InChI is InChI=1S/C43H26O4S2/c1-43-21-30-19-35-25(7-9-45-35)11-27(30)13-31(43)20-38(47-43)23-3-5-40-33(15-23)42-41(49-40)32-14-22(2-4-39(32)48-42)36-18-29-12-26-10-24-6-8-44-34(24)16-28(26)17-37(29)46-36/h2-17,19-21,31,36H,18H2,1H3. The van der Waals surface area contributed by atoms with E-state index in [2.05, 4.69) is 97.9 Å². The summed E-state index contributed by atoms with van der Waals surface area (Å²) in [5, 5.41) is 9.62. The van der Waals surface area contributed by atoms with Crippen molar-refractivity contribution in [1.29, 1.82) is 0 Å². The van der Waals surface area contributed by atoms with Gasteiger partial charge in [0.2, 0.25) is 0 Å². The van der Waals surface area contributed by atoms with Crippen molar-refractivity contribution in [3.8, 4) is 5.75 Å². The number of ether oxygens (including phenoxy) is 2. The number of furan rings is 2. The molecule has 1 aliphatic carbocycles. The number of thiophene rings is 2. The maximum Gasteiger partial charge on any atom is 0.135 e. The third kappa shape index (κ3) is 3.79.